The molecule has 3 atom stereocenters. The van der Waals surface area contributed by atoms with Gasteiger partial charge < -0.3 is 9.67 Å². The van der Waals surface area contributed by atoms with Crippen LogP contribution >= 0.6 is 0 Å². The second-order valence-corrected chi connectivity index (χ2v) is 6.94. The Morgan fingerprint density at radius 2 is 2.18 bits per heavy atom. The average molecular weight is 294 g/mol. The van der Waals surface area contributed by atoms with Crippen LogP contribution in [0.4, 0.5) is 0 Å². The lowest BCUT2D eigenvalue weighted by atomic mass is 9.75. The molecule has 22 heavy (non-hydrogen) atoms. The molecule has 0 spiro atoms. The van der Waals surface area contributed by atoms with Crippen molar-refractivity contribution in [2.75, 3.05) is 19.7 Å². The predicted molar refractivity (Wildman–Crippen MR) is 87.9 cm³/mol. The molecule has 1 N–H and O–H groups in total. The summed E-state index contributed by atoms with van der Waals surface area (Å²) in [5.74, 6) is 0.491. The van der Waals surface area contributed by atoms with Crippen molar-refractivity contribution in [3.8, 4) is 0 Å². The van der Waals surface area contributed by atoms with Crippen LogP contribution in [0.5, 0.6) is 0 Å². The summed E-state index contributed by atoms with van der Waals surface area (Å²) in [4.78, 5) is 2.65. The van der Waals surface area contributed by atoms with Crippen LogP contribution < -0.4 is 0 Å². The summed E-state index contributed by atoms with van der Waals surface area (Å²) < 4.78 is 2.48. The number of aromatic nitrogens is 1. The quantitative estimate of drug-likeness (QED) is 0.819. The number of rotatable bonds is 1. The number of benzene rings is 1. The molecule has 4 heterocycles. The van der Waals surface area contributed by atoms with Crippen molar-refractivity contribution in [2.24, 2.45) is 5.92 Å². The van der Waals surface area contributed by atoms with E-state index in [9.17, 15) is 5.11 Å². The van der Waals surface area contributed by atoms with Crippen molar-refractivity contribution >= 4 is 10.9 Å². The van der Waals surface area contributed by atoms with Crippen LogP contribution in [0.1, 0.15) is 36.7 Å². The molecule has 1 saturated heterocycles. The van der Waals surface area contributed by atoms with Gasteiger partial charge in [0.05, 0.1) is 18.7 Å². The molecule has 3 aliphatic heterocycles. The number of hydrogen-bond acceptors (Lipinski definition) is 2. The number of aliphatic hydroxyl groups is 1. The highest BCUT2D eigenvalue weighted by Crippen LogP contribution is 2.52. The van der Waals surface area contributed by atoms with E-state index in [4.69, 9.17) is 0 Å². The van der Waals surface area contributed by atoms with E-state index in [1.54, 1.807) is 0 Å². The normalized spacial score (nSPS) is 31.9. The first-order chi connectivity index (χ1) is 10.8. The number of fused-ring (bicyclic) bond motifs is 4. The highest BCUT2D eigenvalue weighted by molar-refractivity contribution is 5.86. The SMILES string of the molecule is C/C=C1/CN2CCc3c4n(c5ccccc35)[C@@H](CO)[C@H]1C[C@@H]42. The Morgan fingerprint density at radius 1 is 1.32 bits per heavy atom. The Kier molecular flexibility index (Phi) is 2.62. The van der Waals surface area contributed by atoms with E-state index < -0.39 is 0 Å². The minimum absolute atomic E-state index is 0.205. The first-order valence-electron chi connectivity index (χ1n) is 8.45. The molecular formula is C19H22N2O. The van der Waals surface area contributed by atoms with Gasteiger partial charge in [0.1, 0.15) is 0 Å². The molecule has 0 amide bonds. The zero-order valence-corrected chi connectivity index (χ0v) is 13.0. The van der Waals surface area contributed by atoms with Crippen LogP contribution in [0, 0.1) is 5.92 Å². The fourth-order valence-electron chi connectivity index (χ4n) is 5.21. The molecule has 114 valence electrons. The lowest BCUT2D eigenvalue weighted by molar-refractivity contribution is 0.0662. The molecular weight excluding hydrogens is 272 g/mol. The maximum absolute atomic E-state index is 10.2. The van der Waals surface area contributed by atoms with E-state index in [1.165, 1.54) is 40.7 Å². The zero-order chi connectivity index (χ0) is 14.8. The summed E-state index contributed by atoms with van der Waals surface area (Å²) in [7, 11) is 0. The van der Waals surface area contributed by atoms with Crippen LogP contribution in [0.15, 0.2) is 35.9 Å². The molecule has 0 saturated carbocycles. The van der Waals surface area contributed by atoms with Gasteiger partial charge in [-0.3, -0.25) is 4.90 Å². The van der Waals surface area contributed by atoms with Gasteiger partial charge in [-0.15, -0.1) is 0 Å². The van der Waals surface area contributed by atoms with E-state index >= 15 is 0 Å². The zero-order valence-electron chi connectivity index (χ0n) is 13.0. The molecule has 3 nitrogen and oxygen atoms in total. The Morgan fingerprint density at radius 3 is 3.00 bits per heavy atom. The summed E-state index contributed by atoms with van der Waals surface area (Å²) in [6.07, 6.45) is 4.60. The topological polar surface area (TPSA) is 28.4 Å². The monoisotopic (exact) mass is 294 g/mol. The van der Waals surface area contributed by atoms with E-state index in [-0.39, 0.29) is 12.6 Å². The Hall–Kier alpha value is -1.58. The van der Waals surface area contributed by atoms with Crippen LogP contribution in [0.3, 0.4) is 0 Å². The minimum atomic E-state index is 0.205. The fraction of sp³-hybridized carbons (Fsp3) is 0.474. The van der Waals surface area contributed by atoms with Gasteiger partial charge >= 0.3 is 0 Å². The van der Waals surface area contributed by atoms with Crippen molar-refractivity contribution < 1.29 is 5.11 Å². The molecule has 0 aliphatic carbocycles. The maximum Gasteiger partial charge on any atom is 0.0645 e. The summed E-state index contributed by atoms with van der Waals surface area (Å²) >= 11 is 0. The third-order valence-electron chi connectivity index (χ3n) is 6.16. The fourth-order valence-corrected chi connectivity index (χ4v) is 5.21. The number of allylic oxidation sites excluding steroid dienone is 1. The Bertz CT molecular complexity index is 788. The molecule has 3 aliphatic rings. The van der Waals surface area contributed by atoms with Gasteiger partial charge in [0.2, 0.25) is 0 Å². The van der Waals surface area contributed by atoms with Gasteiger partial charge in [-0.1, -0.05) is 29.8 Å². The third kappa shape index (κ3) is 1.43. The standard InChI is InChI=1S/C19H22N2O/c1-2-12-10-20-8-7-14-13-5-3-4-6-16(13)21-18(11-22)15(12)9-17(20)19(14)21/h2-6,15,17-18,22H,7-11H2,1H3/b12-2-/t15-,17-,18-/m0/s1. The van der Waals surface area contributed by atoms with E-state index in [2.05, 4.69) is 46.7 Å². The molecule has 2 aromatic rings. The highest BCUT2D eigenvalue weighted by atomic mass is 16.3. The number of piperidine rings is 1. The van der Waals surface area contributed by atoms with Gasteiger partial charge in [0.25, 0.3) is 0 Å². The molecule has 3 heteroatoms. The molecule has 0 unspecified atom stereocenters. The largest absolute Gasteiger partial charge is 0.394 e. The molecule has 1 aromatic heterocycles. The second kappa shape index (κ2) is 4.46. The molecule has 0 radical (unpaired) electrons. The Labute approximate surface area is 130 Å². The predicted octanol–water partition coefficient (Wildman–Crippen LogP) is 3.05. The van der Waals surface area contributed by atoms with E-state index in [0.29, 0.717) is 12.0 Å². The smallest absolute Gasteiger partial charge is 0.0645 e. The molecule has 1 aromatic carbocycles. The summed E-state index contributed by atoms with van der Waals surface area (Å²) in [6, 6.07) is 9.53. The number of hydrogen-bond donors (Lipinski definition) is 1. The maximum atomic E-state index is 10.2. The minimum Gasteiger partial charge on any atom is -0.394 e. The molecule has 5 rings (SSSR count). The summed E-state index contributed by atoms with van der Waals surface area (Å²) in [5.41, 5.74) is 5.87. The van der Waals surface area contributed by atoms with Gasteiger partial charge in [0.15, 0.2) is 0 Å². The van der Waals surface area contributed by atoms with E-state index in [1.807, 2.05) is 0 Å². The van der Waals surface area contributed by atoms with Crippen molar-refractivity contribution in [2.45, 2.75) is 31.8 Å². The van der Waals surface area contributed by atoms with Gasteiger partial charge in [-0.2, -0.15) is 0 Å². The number of nitrogens with zero attached hydrogens (tertiary/aromatic N) is 2. The van der Waals surface area contributed by atoms with Gasteiger partial charge in [-0.25, -0.2) is 0 Å². The molecule has 1 fully saturated rings. The van der Waals surface area contributed by atoms with Crippen molar-refractivity contribution in [1.82, 2.24) is 9.47 Å². The van der Waals surface area contributed by atoms with Crippen LogP contribution in [-0.4, -0.2) is 34.3 Å². The number of aliphatic hydroxyl groups excluding tert-OH is 1. The van der Waals surface area contributed by atoms with Gasteiger partial charge in [-0.05, 0) is 31.4 Å². The molecule has 2 bridgehead atoms. The van der Waals surface area contributed by atoms with Crippen molar-refractivity contribution in [3.63, 3.8) is 0 Å². The summed E-state index contributed by atoms with van der Waals surface area (Å²) in [5, 5.41) is 11.6. The van der Waals surface area contributed by atoms with Crippen LogP contribution in [0.25, 0.3) is 10.9 Å². The number of para-hydroxylation sites is 1. The summed E-state index contributed by atoms with van der Waals surface area (Å²) in [6.45, 7) is 4.64. The first-order valence-corrected chi connectivity index (χ1v) is 8.45. The second-order valence-electron chi connectivity index (χ2n) is 6.94. The lowest BCUT2D eigenvalue weighted by Crippen LogP contribution is -2.49. The third-order valence-corrected chi connectivity index (χ3v) is 6.16. The first kappa shape index (κ1) is 12.9. The van der Waals surface area contributed by atoms with E-state index in [0.717, 1.165) is 13.0 Å². The van der Waals surface area contributed by atoms with Gasteiger partial charge in [0, 0.05) is 35.6 Å². The Balaban J connectivity index is 1.86. The lowest BCUT2D eigenvalue weighted by Gasteiger charge is -2.51. The van der Waals surface area contributed by atoms with Crippen molar-refractivity contribution in [3.05, 3.63) is 47.2 Å². The van der Waals surface area contributed by atoms with Crippen molar-refractivity contribution in [1.29, 1.82) is 0 Å². The average Bonchev–Trinajstić information content (AvgIpc) is 2.90. The van der Waals surface area contributed by atoms with Crippen LogP contribution in [-0.2, 0) is 6.42 Å². The highest BCUT2D eigenvalue weighted by Gasteiger charge is 2.46. The van der Waals surface area contributed by atoms with Crippen LogP contribution in [0.2, 0.25) is 0 Å².